The lowest BCUT2D eigenvalue weighted by Crippen LogP contribution is -2.14. The van der Waals surface area contributed by atoms with Gasteiger partial charge in [0.1, 0.15) is 0 Å². The number of hydrogen-bond acceptors (Lipinski definition) is 1. The summed E-state index contributed by atoms with van der Waals surface area (Å²) in [5, 5.41) is 5.11. The van der Waals surface area contributed by atoms with Crippen LogP contribution in [-0.2, 0) is 0 Å². The maximum atomic E-state index is 2.53. The van der Waals surface area contributed by atoms with E-state index in [0.29, 0.717) is 0 Å². The van der Waals surface area contributed by atoms with E-state index in [2.05, 4.69) is 210 Å². The second-order valence-corrected chi connectivity index (χ2v) is 14.8. The van der Waals surface area contributed by atoms with Crippen LogP contribution in [0.4, 0.5) is 17.1 Å². The molecule has 12 rings (SSSR count). The zero-order chi connectivity index (χ0) is 36.0. The van der Waals surface area contributed by atoms with Gasteiger partial charge in [0.05, 0.1) is 22.4 Å². The van der Waals surface area contributed by atoms with E-state index < -0.39 is 0 Å². The fourth-order valence-electron chi connectivity index (χ4n) is 9.65. The van der Waals surface area contributed by atoms with Crippen LogP contribution < -0.4 is 4.90 Å². The van der Waals surface area contributed by atoms with Crippen molar-refractivity contribution >= 4 is 49.6 Å². The Morgan fingerprint density at radius 1 is 0.400 bits per heavy atom. The molecule has 256 valence electrons. The highest BCUT2D eigenvalue weighted by Crippen LogP contribution is 2.59. The quantitative estimate of drug-likeness (QED) is 0.174. The number of hydrogen-bond donors (Lipinski definition) is 0. The molecular formula is C53H34N2. The number of para-hydroxylation sites is 4. The minimum absolute atomic E-state index is 0.0466. The molecule has 1 aromatic heterocycles. The number of aromatic nitrogens is 1. The Balaban J connectivity index is 1.08. The van der Waals surface area contributed by atoms with Crippen LogP contribution >= 0.6 is 0 Å². The van der Waals surface area contributed by atoms with Crippen LogP contribution in [0.5, 0.6) is 0 Å². The van der Waals surface area contributed by atoms with Crippen LogP contribution in [0.3, 0.4) is 0 Å². The SMILES string of the molecule is c1ccc(N(c2ccc(-c3ccc4ccccc4c3)cc2)c2ccccc2C2c3cccc4c3-c3c2ccc2c5ccccc5n(c32)-c2ccccc2-4)cc1. The molecular weight excluding hydrogens is 665 g/mol. The molecule has 0 radical (unpaired) electrons. The van der Waals surface area contributed by atoms with Crippen LogP contribution in [0.15, 0.2) is 200 Å². The third-order valence-electron chi connectivity index (χ3n) is 12.0. The number of fused-ring (bicyclic) bond motifs is 7. The summed E-state index contributed by atoms with van der Waals surface area (Å²) < 4.78 is 2.53. The Bertz CT molecular complexity index is 3150. The molecule has 0 saturated carbocycles. The van der Waals surface area contributed by atoms with Crippen molar-refractivity contribution in [2.45, 2.75) is 5.92 Å². The molecule has 0 N–H and O–H groups in total. The average Bonchev–Trinajstić information content (AvgIpc) is 3.73. The predicted molar refractivity (Wildman–Crippen MR) is 230 cm³/mol. The molecule has 0 spiro atoms. The van der Waals surface area contributed by atoms with Gasteiger partial charge in [0.2, 0.25) is 0 Å². The maximum Gasteiger partial charge on any atom is 0.0623 e. The minimum atomic E-state index is 0.0466. The van der Waals surface area contributed by atoms with E-state index in [1.165, 1.54) is 94.0 Å². The molecule has 2 nitrogen and oxygen atoms in total. The molecule has 2 heteroatoms. The van der Waals surface area contributed by atoms with Crippen molar-refractivity contribution in [2.75, 3.05) is 4.90 Å². The molecule has 0 amide bonds. The van der Waals surface area contributed by atoms with Gasteiger partial charge in [-0.3, -0.25) is 0 Å². The Morgan fingerprint density at radius 3 is 1.98 bits per heavy atom. The number of benzene rings is 9. The predicted octanol–water partition coefficient (Wildman–Crippen LogP) is 14.2. The summed E-state index contributed by atoms with van der Waals surface area (Å²) in [4.78, 5) is 2.44. The minimum Gasteiger partial charge on any atom is -0.310 e. The van der Waals surface area contributed by atoms with E-state index in [1.807, 2.05) is 0 Å². The fourth-order valence-corrected chi connectivity index (χ4v) is 9.65. The summed E-state index contributed by atoms with van der Waals surface area (Å²) in [6.07, 6.45) is 0. The molecule has 1 aliphatic heterocycles. The van der Waals surface area contributed by atoms with E-state index in [0.717, 1.165) is 11.4 Å². The van der Waals surface area contributed by atoms with Crippen LogP contribution in [-0.4, -0.2) is 4.57 Å². The van der Waals surface area contributed by atoms with Gasteiger partial charge in [-0.25, -0.2) is 0 Å². The van der Waals surface area contributed by atoms with Gasteiger partial charge < -0.3 is 9.47 Å². The topological polar surface area (TPSA) is 8.17 Å². The molecule has 10 aromatic rings. The molecule has 1 aliphatic carbocycles. The highest BCUT2D eigenvalue weighted by Gasteiger charge is 2.38. The first kappa shape index (κ1) is 30.3. The van der Waals surface area contributed by atoms with E-state index in [9.17, 15) is 0 Å². The number of nitrogens with zero attached hydrogens (tertiary/aromatic N) is 2. The van der Waals surface area contributed by atoms with Gasteiger partial charge in [0.25, 0.3) is 0 Å². The zero-order valence-corrected chi connectivity index (χ0v) is 30.0. The lowest BCUT2D eigenvalue weighted by atomic mass is 9.86. The lowest BCUT2D eigenvalue weighted by molar-refractivity contribution is 1.01. The first-order valence-corrected chi connectivity index (χ1v) is 19.1. The molecule has 55 heavy (non-hydrogen) atoms. The Hall–Kier alpha value is -7.16. The summed E-state index contributed by atoms with van der Waals surface area (Å²) in [7, 11) is 0. The van der Waals surface area contributed by atoms with Crippen molar-refractivity contribution in [3.05, 3.63) is 217 Å². The smallest absolute Gasteiger partial charge is 0.0623 e. The van der Waals surface area contributed by atoms with Crippen molar-refractivity contribution in [1.82, 2.24) is 4.57 Å². The highest BCUT2D eigenvalue weighted by molar-refractivity contribution is 6.18. The molecule has 0 saturated heterocycles. The summed E-state index contributed by atoms with van der Waals surface area (Å²) in [5.41, 5.74) is 19.0. The van der Waals surface area contributed by atoms with Crippen LogP contribution in [0.1, 0.15) is 22.6 Å². The van der Waals surface area contributed by atoms with E-state index >= 15 is 0 Å². The third kappa shape index (κ3) is 4.37. The third-order valence-corrected chi connectivity index (χ3v) is 12.0. The highest BCUT2D eigenvalue weighted by atomic mass is 15.1. The van der Waals surface area contributed by atoms with Gasteiger partial charge in [0, 0.05) is 39.2 Å². The molecule has 0 fully saturated rings. The van der Waals surface area contributed by atoms with Gasteiger partial charge in [-0.1, -0.05) is 152 Å². The normalized spacial score (nSPS) is 13.6. The van der Waals surface area contributed by atoms with E-state index in [4.69, 9.17) is 0 Å². The van der Waals surface area contributed by atoms with Gasteiger partial charge in [-0.2, -0.15) is 0 Å². The Labute approximate surface area is 319 Å². The largest absolute Gasteiger partial charge is 0.310 e. The lowest BCUT2D eigenvalue weighted by Gasteiger charge is -2.30. The van der Waals surface area contributed by atoms with Crippen molar-refractivity contribution in [3.63, 3.8) is 0 Å². The number of anilines is 3. The molecule has 1 unspecified atom stereocenters. The maximum absolute atomic E-state index is 2.53. The first-order valence-electron chi connectivity index (χ1n) is 19.1. The summed E-state index contributed by atoms with van der Waals surface area (Å²) in [6.45, 7) is 0. The summed E-state index contributed by atoms with van der Waals surface area (Å²) in [6, 6.07) is 73.9. The Kier molecular flexibility index (Phi) is 6.43. The second-order valence-electron chi connectivity index (χ2n) is 14.8. The molecule has 9 aromatic carbocycles. The Morgan fingerprint density at radius 2 is 1.07 bits per heavy atom. The first-order chi connectivity index (χ1) is 27.3. The average molecular weight is 699 g/mol. The monoisotopic (exact) mass is 698 g/mol. The second kappa shape index (κ2) is 11.7. The molecule has 1 atom stereocenters. The van der Waals surface area contributed by atoms with Crippen molar-refractivity contribution in [3.8, 4) is 39.1 Å². The van der Waals surface area contributed by atoms with Crippen LogP contribution in [0.25, 0.3) is 71.6 Å². The summed E-state index contributed by atoms with van der Waals surface area (Å²) in [5.74, 6) is 0.0466. The van der Waals surface area contributed by atoms with Gasteiger partial charge in [-0.15, -0.1) is 0 Å². The van der Waals surface area contributed by atoms with Crippen molar-refractivity contribution in [2.24, 2.45) is 0 Å². The molecule has 2 heterocycles. The summed E-state index contributed by atoms with van der Waals surface area (Å²) >= 11 is 0. The molecule has 2 aliphatic rings. The van der Waals surface area contributed by atoms with Crippen LogP contribution in [0.2, 0.25) is 0 Å². The van der Waals surface area contributed by atoms with Gasteiger partial charge in [0.15, 0.2) is 0 Å². The zero-order valence-electron chi connectivity index (χ0n) is 30.0. The number of rotatable bonds is 5. The van der Waals surface area contributed by atoms with E-state index in [-0.39, 0.29) is 5.92 Å². The fraction of sp³-hybridized carbons (Fsp3) is 0.0189. The van der Waals surface area contributed by atoms with Crippen molar-refractivity contribution < 1.29 is 0 Å². The van der Waals surface area contributed by atoms with Crippen molar-refractivity contribution in [1.29, 1.82) is 0 Å². The van der Waals surface area contributed by atoms with E-state index in [1.54, 1.807) is 0 Å². The van der Waals surface area contributed by atoms with Gasteiger partial charge in [-0.05, 0) is 98.2 Å². The van der Waals surface area contributed by atoms with Crippen LogP contribution in [0, 0.1) is 0 Å². The molecule has 0 bridgehead atoms. The standard InChI is InChI=1S/C53H34N2/c1-2-15-38(16-3-1)54(39-29-27-35(28-30-39)37-26-25-34-13-4-5-14-36(34)33-37)49-24-11-8-19-44(49)50-45-21-12-20-42-40-17-6-9-22-47(40)55-48-23-10-7-18-41(48)43-31-32-46(50)52(51(42)45)53(43)55/h1-33,50H. The van der Waals surface area contributed by atoms with Gasteiger partial charge >= 0.3 is 0 Å².